The minimum absolute atomic E-state index is 0.775. The second-order valence-corrected chi connectivity index (χ2v) is 4.79. The quantitative estimate of drug-likeness (QED) is 0.893. The van der Waals surface area contributed by atoms with Crippen LogP contribution in [0.5, 0.6) is 0 Å². The van der Waals surface area contributed by atoms with Gasteiger partial charge in [-0.15, -0.1) is 0 Å². The average Bonchev–Trinajstić information content (AvgIpc) is 2.86. The van der Waals surface area contributed by atoms with Gasteiger partial charge >= 0.3 is 0 Å². The van der Waals surface area contributed by atoms with Crippen molar-refractivity contribution in [3.8, 4) is 11.1 Å². The number of pyridine rings is 1. The molecule has 1 aliphatic rings. The third-order valence-corrected chi connectivity index (χ3v) is 3.49. The Bertz CT molecular complexity index is 568. The van der Waals surface area contributed by atoms with E-state index in [4.69, 9.17) is 5.73 Å². The largest absolute Gasteiger partial charge is 0.315 e. The number of hydrogen-bond acceptors (Lipinski definition) is 4. The third-order valence-electron chi connectivity index (χ3n) is 2.79. The lowest BCUT2D eigenvalue weighted by atomic mass is 10.0. The Labute approximate surface area is 110 Å². The fraction of sp³-hybridized carbons (Fsp3) is 0. The Hall–Kier alpha value is -1.78. The summed E-state index contributed by atoms with van der Waals surface area (Å²) in [5.41, 5.74) is 10.1. The molecule has 1 aromatic carbocycles. The molecular weight excluding hydrogens is 242 g/mol. The molecule has 4 heteroatoms. The van der Waals surface area contributed by atoms with Crippen molar-refractivity contribution in [1.82, 2.24) is 4.98 Å². The van der Waals surface area contributed by atoms with E-state index in [1.807, 2.05) is 40.8 Å². The lowest BCUT2D eigenvalue weighted by Crippen LogP contribution is -2.24. The maximum Gasteiger partial charge on any atom is 0.193 e. The number of rotatable bonds is 2. The van der Waals surface area contributed by atoms with Gasteiger partial charge in [-0.25, -0.2) is 0 Å². The smallest absolute Gasteiger partial charge is 0.193 e. The van der Waals surface area contributed by atoms with Crippen LogP contribution in [0.4, 0.5) is 5.69 Å². The number of thioether (sulfide) groups is 1. The summed E-state index contributed by atoms with van der Waals surface area (Å²) in [4.78, 5) is 6.05. The summed E-state index contributed by atoms with van der Waals surface area (Å²) < 4.78 is 0. The van der Waals surface area contributed by atoms with E-state index in [1.54, 1.807) is 12.4 Å². The summed E-state index contributed by atoms with van der Waals surface area (Å²) >= 11 is 1.53. The molecule has 89 valence electrons. The van der Waals surface area contributed by atoms with Gasteiger partial charge in [-0.3, -0.25) is 10.7 Å². The van der Waals surface area contributed by atoms with E-state index in [-0.39, 0.29) is 0 Å². The van der Waals surface area contributed by atoms with Crippen LogP contribution in [-0.2, 0) is 0 Å². The zero-order valence-corrected chi connectivity index (χ0v) is 10.5. The summed E-state index contributed by atoms with van der Waals surface area (Å²) in [5.74, 6) is 0. The summed E-state index contributed by atoms with van der Waals surface area (Å²) in [6, 6.07) is 12.2. The summed E-state index contributed by atoms with van der Waals surface area (Å²) in [5, 5.41) is 1.98. The van der Waals surface area contributed by atoms with Gasteiger partial charge in [-0.1, -0.05) is 30.0 Å². The predicted molar refractivity (Wildman–Crippen MR) is 76.3 cm³/mol. The fourth-order valence-corrected chi connectivity index (χ4v) is 2.54. The van der Waals surface area contributed by atoms with E-state index in [0.717, 1.165) is 22.3 Å². The van der Waals surface area contributed by atoms with Crippen LogP contribution in [0.1, 0.15) is 0 Å². The summed E-state index contributed by atoms with van der Waals surface area (Å²) in [6.45, 7) is 0. The van der Waals surface area contributed by atoms with E-state index in [1.165, 1.54) is 11.8 Å². The van der Waals surface area contributed by atoms with Crippen molar-refractivity contribution in [1.29, 1.82) is 0 Å². The highest BCUT2D eigenvalue weighted by Crippen LogP contribution is 2.38. The fourth-order valence-electron chi connectivity index (χ4n) is 1.95. The van der Waals surface area contributed by atoms with Gasteiger partial charge in [0.25, 0.3) is 0 Å². The van der Waals surface area contributed by atoms with Gasteiger partial charge in [-0.2, -0.15) is 0 Å². The molecule has 0 fully saturated rings. The first-order chi connectivity index (χ1) is 8.86. The lowest BCUT2D eigenvalue weighted by molar-refractivity contribution is 1.09. The molecule has 0 bridgehead atoms. The molecule has 0 spiro atoms. The van der Waals surface area contributed by atoms with Crippen LogP contribution in [0, 0.1) is 5.50 Å². The topological polar surface area (TPSA) is 42.1 Å². The first-order valence-corrected chi connectivity index (χ1v) is 6.48. The predicted octanol–water partition coefficient (Wildman–Crippen LogP) is 3.18. The number of anilines is 1. The number of hydrogen-bond donors (Lipinski definition) is 1. The van der Waals surface area contributed by atoms with Gasteiger partial charge in [0.05, 0.1) is 5.69 Å². The van der Waals surface area contributed by atoms with Gasteiger partial charge in [0.15, 0.2) is 5.50 Å². The molecule has 0 aliphatic carbocycles. The van der Waals surface area contributed by atoms with Gasteiger partial charge in [-0.05, 0) is 29.2 Å². The minimum atomic E-state index is 0.775. The van der Waals surface area contributed by atoms with Crippen LogP contribution in [0.15, 0.2) is 60.4 Å². The first-order valence-electron chi connectivity index (χ1n) is 5.61. The van der Waals surface area contributed by atoms with Crippen molar-refractivity contribution in [2.24, 2.45) is 5.73 Å². The molecule has 0 saturated carbocycles. The molecule has 0 atom stereocenters. The Balaban J connectivity index is 2.08. The molecule has 1 radical (unpaired) electrons. The molecule has 3 nitrogen and oxygen atoms in total. The Morgan fingerprint density at radius 3 is 2.56 bits per heavy atom. The van der Waals surface area contributed by atoms with Gasteiger partial charge in [0.2, 0.25) is 0 Å². The maximum absolute atomic E-state index is 5.99. The van der Waals surface area contributed by atoms with E-state index < -0.39 is 0 Å². The van der Waals surface area contributed by atoms with Crippen LogP contribution in [0.25, 0.3) is 11.1 Å². The molecule has 3 rings (SSSR count). The van der Waals surface area contributed by atoms with Crippen LogP contribution in [0.2, 0.25) is 0 Å². The van der Waals surface area contributed by atoms with Crippen molar-refractivity contribution < 1.29 is 0 Å². The lowest BCUT2D eigenvalue weighted by Gasteiger charge is -2.22. The molecule has 18 heavy (non-hydrogen) atoms. The SMILES string of the molecule is N[C]1SC=CN1c1ccccc1-c1ccncc1. The Morgan fingerprint density at radius 2 is 1.83 bits per heavy atom. The molecule has 0 amide bonds. The highest BCUT2D eigenvalue weighted by molar-refractivity contribution is 8.05. The summed E-state index contributed by atoms with van der Waals surface area (Å²) in [6.07, 6.45) is 5.58. The number of nitrogens with zero attached hydrogens (tertiary/aromatic N) is 2. The zero-order chi connectivity index (χ0) is 12.4. The number of benzene rings is 1. The van der Waals surface area contributed by atoms with Crippen LogP contribution in [-0.4, -0.2) is 4.98 Å². The van der Waals surface area contributed by atoms with Crippen molar-refractivity contribution in [2.75, 3.05) is 4.90 Å². The van der Waals surface area contributed by atoms with E-state index in [2.05, 4.69) is 17.1 Å². The molecule has 0 unspecified atom stereocenters. The van der Waals surface area contributed by atoms with E-state index >= 15 is 0 Å². The minimum Gasteiger partial charge on any atom is -0.315 e. The van der Waals surface area contributed by atoms with E-state index in [0.29, 0.717) is 0 Å². The Kier molecular flexibility index (Phi) is 3.04. The monoisotopic (exact) mass is 254 g/mol. The molecule has 1 aliphatic heterocycles. The maximum atomic E-state index is 5.99. The van der Waals surface area contributed by atoms with Gasteiger partial charge in [0.1, 0.15) is 0 Å². The molecule has 2 aromatic rings. The third kappa shape index (κ3) is 2.00. The van der Waals surface area contributed by atoms with Crippen LogP contribution >= 0.6 is 11.8 Å². The van der Waals surface area contributed by atoms with Crippen molar-refractivity contribution in [2.45, 2.75) is 0 Å². The van der Waals surface area contributed by atoms with Crippen molar-refractivity contribution >= 4 is 17.4 Å². The first kappa shape index (κ1) is 11.3. The highest BCUT2D eigenvalue weighted by atomic mass is 32.2. The van der Waals surface area contributed by atoms with Crippen molar-refractivity contribution in [3.05, 3.63) is 65.9 Å². The van der Waals surface area contributed by atoms with Crippen LogP contribution < -0.4 is 10.6 Å². The van der Waals surface area contributed by atoms with Crippen molar-refractivity contribution in [3.63, 3.8) is 0 Å². The molecule has 1 aromatic heterocycles. The second-order valence-electron chi connectivity index (χ2n) is 3.86. The molecule has 2 N–H and O–H groups in total. The molecular formula is C14H12N3S. The second kappa shape index (κ2) is 4.84. The average molecular weight is 254 g/mol. The van der Waals surface area contributed by atoms with Gasteiger partial charge in [0, 0.05) is 24.2 Å². The normalized spacial score (nSPS) is 15.3. The number of aromatic nitrogens is 1. The summed E-state index contributed by atoms with van der Waals surface area (Å²) in [7, 11) is 0. The van der Waals surface area contributed by atoms with Crippen LogP contribution in [0.3, 0.4) is 0 Å². The Morgan fingerprint density at radius 1 is 1.06 bits per heavy atom. The van der Waals surface area contributed by atoms with E-state index in [9.17, 15) is 0 Å². The zero-order valence-electron chi connectivity index (χ0n) is 9.65. The molecule has 0 saturated heterocycles. The standard InChI is InChI=1S/C14H12N3S/c15-14-17(9-10-18-14)13-4-2-1-3-12(13)11-5-7-16-8-6-11/h1-10H,15H2. The highest BCUT2D eigenvalue weighted by Gasteiger charge is 2.21. The molecule has 2 heterocycles. The van der Waals surface area contributed by atoms with Gasteiger partial charge < -0.3 is 4.90 Å². The number of nitrogens with two attached hydrogens (primary N) is 1. The number of para-hydroxylation sites is 1.